The summed E-state index contributed by atoms with van der Waals surface area (Å²) in [5.74, 6) is 0.0213. The minimum Gasteiger partial charge on any atom is -0.289 e. The summed E-state index contributed by atoms with van der Waals surface area (Å²) >= 11 is 0. The highest BCUT2D eigenvalue weighted by Crippen LogP contribution is 2.19. The number of carbonyl (C=O) groups is 1. The Labute approximate surface area is 101 Å². The largest absolute Gasteiger partial charge is 0.289 e. The Bertz CT molecular complexity index is 556. The Morgan fingerprint density at radius 3 is 2.12 bits per heavy atom. The number of benzene rings is 1. The van der Waals surface area contributed by atoms with Gasteiger partial charge in [0, 0.05) is 11.1 Å². The van der Waals surface area contributed by atoms with Gasteiger partial charge in [-0.3, -0.25) is 4.79 Å². The van der Waals surface area contributed by atoms with Gasteiger partial charge < -0.3 is 0 Å². The highest BCUT2D eigenvalue weighted by Gasteiger charge is 2.16. The third-order valence-corrected chi connectivity index (χ3v) is 2.88. The molecule has 0 saturated heterocycles. The fraction of sp³-hybridized carbons (Fsp3) is 0.214. The van der Waals surface area contributed by atoms with E-state index in [4.69, 9.17) is 0 Å². The van der Waals surface area contributed by atoms with Crippen molar-refractivity contribution in [3.05, 3.63) is 58.4 Å². The molecule has 2 rings (SSSR count). The zero-order valence-electron chi connectivity index (χ0n) is 10.2. The predicted octanol–water partition coefficient (Wildman–Crippen LogP) is 2.63. The molecule has 0 aliphatic carbocycles. The number of nitrogens with zero attached hydrogens (tertiary/aromatic N) is 2. The first-order chi connectivity index (χ1) is 8.11. The molecule has 0 spiro atoms. The third kappa shape index (κ3) is 2.09. The summed E-state index contributed by atoms with van der Waals surface area (Å²) in [6.45, 7) is 5.77. The maximum Gasteiger partial charge on any atom is 0.195 e. The first-order valence-electron chi connectivity index (χ1n) is 5.49. The Hall–Kier alpha value is -2.03. The van der Waals surface area contributed by atoms with Gasteiger partial charge in [-0.1, -0.05) is 18.2 Å². The molecule has 1 aromatic carbocycles. The van der Waals surface area contributed by atoms with Gasteiger partial charge in [0.25, 0.3) is 0 Å². The van der Waals surface area contributed by atoms with Crippen molar-refractivity contribution in [2.24, 2.45) is 0 Å². The first kappa shape index (κ1) is 11.5. The lowest BCUT2D eigenvalue weighted by atomic mass is 9.94. The summed E-state index contributed by atoms with van der Waals surface area (Å²) in [4.78, 5) is 12.4. The number of carbonyl (C=O) groups excluding carboxylic acids is 1. The maximum atomic E-state index is 12.4. The van der Waals surface area contributed by atoms with Crippen LogP contribution in [-0.2, 0) is 0 Å². The fourth-order valence-corrected chi connectivity index (χ4v) is 1.93. The predicted molar refractivity (Wildman–Crippen MR) is 66.1 cm³/mol. The SMILES string of the molecule is Cc1cnncc1C(=O)c1c(C)cccc1C. The van der Waals surface area contributed by atoms with Crippen molar-refractivity contribution < 1.29 is 4.79 Å². The molecule has 0 N–H and O–H groups in total. The molecule has 3 heteroatoms. The van der Waals surface area contributed by atoms with Crippen LogP contribution < -0.4 is 0 Å². The molecule has 0 unspecified atom stereocenters. The van der Waals surface area contributed by atoms with Crippen molar-refractivity contribution in [2.45, 2.75) is 20.8 Å². The minimum atomic E-state index is 0.0213. The maximum absolute atomic E-state index is 12.4. The van der Waals surface area contributed by atoms with Gasteiger partial charge in [0.05, 0.1) is 12.4 Å². The summed E-state index contributed by atoms with van der Waals surface area (Å²) in [5.41, 5.74) is 4.23. The average molecular weight is 226 g/mol. The summed E-state index contributed by atoms with van der Waals surface area (Å²) in [7, 11) is 0. The molecule has 0 atom stereocenters. The van der Waals surface area contributed by atoms with Crippen molar-refractivity contribution in [3.63, 3.8) is 0 Å². The molecule has 86 valence electrons. The normalized spacial score (nSPS) is 10.3. The van der Waals surface area contributed by atoms with Crippen molar-refractivity contribution in [2.75, 3.05) is 0 Å². The van der Waals surface area contributed by atoms with Gasteiger partial charge in [-0.25, -0.2) is 0 Å². The topological polar surface area (TPSA) is 42.9 Å². The lowest BCUT2D eigenvalue weighted by molar-refractivity contribution is 0.103. The molecule has 0 saturated carbocycles. The Balaban J connectivity index is 2.56. The molecule has 0 bridgehead atoms. The summed E-state index contributed by atoms with van der Waals surface area (Å²) in [6.07, 6.45) is 3.14. The molecule has 2 aromatic rings. The van der Waals surface area contributed by atoms with Crippen molar-refractivity contribution in [1.29, 1.82) is 0 Å². The molecular formula is C14H14N2O. The molecule has 0 aliphatic rings. The highest BCUT2D eigenvalue weighted by atomic mass is 16.1. The van der Waals surface area contributed by atoms with Gasteiger partial charge in [0.15, 0.2) is 5.78 Å². The van der Waals surface area contributed by atoms with Crippen LogP contribution in [0.2, 0.25) is 0 Å². The van der Waals surface area contributed by atoms with E-state index in [0.717, 1.165) is 22.3 Å². The van der Waals surface area contributed by atoms with Gasteiger partial charge >= 0.3 is 0 Å². The quantitative estimate of drug-likeness (QED) is 0.739. The van der Waals surface area contributed by atoms with Crippen LogP contribution in [0, 0.1) is 20.8 Å². The number of aryl methyl sites for hydroxylation is 3. The van der Waals surface area contributed by atoms with Gasteiger partial charge in [-0.05, 0) is 37.5 Å². The van der Waals surface area contributed by atoms with Crippen LogP contribution in [0.15, 0.2) is 30.6 Å². The number of rotatable bonds is 2. The third-order valence-electron chi connectivity index (χ3n) is 2.88. The zero-order valence-corrected chi connectivity index (χ0v) is 10.2. The van der Waals surface area contributed by atoms with Gasteiger partial charge in [-0.2, -0.15) is 10.2 Å². The second-order valence-electron chi connectivity index (χ2n) is 4.18. The van der Waals surface area contributed by atoms with E-state index in [2.05, 4.69) is 10.2 Å². The standard InChI is InChI=1S/C14H14N2O/c1-9-5-4-6-10(2)13(9)14(17)12-8-16-15-7-11(12)3/h4-8H,1-3H3. The fourth-order valence-electron chi connectivity index (χ4n) is 1.93. The van der Waals surface area contributed by atoms with E-state index in [1.54, 1.807) is 6.20 Å². The molecule has 3 nitrogen and oxygen atoms in total. The zero-order chi connectivity index (χ0) is 12.4. The smallest absolute Gasteiger partial charge is 0.195 e. The monoisotopic (exact) mass is 226 g/mol. The van der Waals surface area contributed by atoms with Gasteiger partial charge in [0.1, 0.15) is 0 Å². The number of ketones is 1. The second kappa shape index (κ2) is 4.45. The highest BCUT2D eigenvalue weighted by molar-refractivity contribution is 6.11. The second-order valence-corrected chi connectivity index (χ2v) is 4.18. The van der Waals surface area contributed by atoms with Crippen molar-refractivity contribution in [1.82, 2.24) is 10.2 Å². The molecular weight excluding hydrogens is 212 g/mol. The number of hydrogen-bond acceptors (Lipinski definition) is 3. The Morgan fingerprint density at radius 1 is 0.941 bits per heavy atom. The van der Waals surface area contributed by atoms with E-state index in [1.807, 2.05) is 39.0 Å². The van der Waals surface area contributed by atoms with Crippen LogP contribution in [0.25, 0.3) is 0 Å². The molecule has 17 heavy (non-hydrogen) atoms. The van der Waals surface area contributed by atoms with Crippen LogP contribution >= 0.6 is 0 Å². The average Bonchev–Trinajstić information content (AvgIpc) is 2.29. The summed E-state index contributed by atoms with van der Waals surface area (Å²) in [6, 6.07) is 5.85. The Morgan fingerprint density at radius 2 is 1.53 bits per heavy atom. The van der Waals surface area contributed by atoms with Crippen LogP contribution in [0.1, 0.15) is 32.6 Å². The number of aromatic nitrogens is 2. The summed E-state index contributed by atoms with van der Waals surface area (Å²) in [5, 5.41) is 7.54. The molecule has 0 radical (unpaired) electrons. The molecule has 0 fully saturated rings. The van der Waals surface area contributed by atoms with E-state index < -0.39 is 0 Å². The van der Waals surface area contributed by atoms with Crippen molar-refractivity contribution in [3.8, 4) is 0 Å². The van der Waals surface area contributed by atoms with E-state index in [-0.39, 0.29) is 5.78 Å². The lowest BCUT2D eigenvalue weighted by Crippen LogP contribution is -2.08. The lowest BCUT2D eigenvalue weighted by Gasteiger charge is -2.09. The van der Waals surface area contributed by atoms with E-state index in [9.17, 15) is 4.79 Å². The van der Waals surface area contributed by atoms with E-state index >= 15 is 0 Å². The van der Waals surface area contributed by atoms with Crippen molar-refractivity contribution >= 4 is 5.78 Å². The molecule has 0 aliphatic heterocycles. The van der Waals surface area contributed by atoms with E-state index in [1.165, 1.54) is 6.20 Å². The van der Waals surface area contributed by atoms with Gasteiger partial charge in [0.2, 0.25) is 0 Å². The number of hydrogen-bond donors (Lipinski definition) is 0. The van der Waals surface area contributed by atoms with Crippen LogP contribution in [0.5, 0.6) is 0 Å². The Kier molecular flexibility index (Phi) is 3.00. The minimum absolute atomic E-state index is 0.0213. The van der Waals surface area contributed by atoms with Crippen LogP contribution in [0.4, 0.5) is 0 Å². The first-order valence-corrected chi connectivity index (χ1v) is 5.49. The van der Waals surface area contributed by atoms with Crippen LogP contribution in [0.3, 0.4) is 0 Å². The molecule has 0 amide bonds. The molecule has 1 aromatic heterocycles. The van der Waals surface area contributed by atoms with E-state index in [0.29, 0.717) is 5.56 Å². The van der Waals surface area contributed by atoms with Gasteiger partial charge in [-0.15, -0.1) is 0 Å². The summed E-state index contributed by atoms with van der Waals surface area (Å²) < 4.78 is 0. The van der Waals surface area contributed by atoms with Crippen LogP contribution in [-0.4, -0.2) is 16.0 Å². The molecule has 1 heterocycles.